The van der Waals surface area contributed by atoms with E-state index in [0.29, 0.717) is 12.0 Å². The molecule has 1 aromatic carbocycles. The summed E-state index contributed by atoms with van der Waals surface area (Å²) in [5.74, 6) is 0.501. The lowest BCUT2D eigenvalue weighted by molar-refractivity contribution is 0.612. The van der Waals surface area contributed by atoms with Crippen LogP contribution < -0.4 is 5.32 Å². The lowest BCUT2D eigenvalue weighted by Crippen LogP contribution is -2.11. The second-order valence-corrected chi connectivity index (χ2v) is 6.72. The summed E-state index contributed by atoms with van der Waals surface area (Å²) in [5, 5.41) is 4.63. The number of thiazole rings is 1. The number of benzene rings is 1. The Hall–Kier alpha value is -1.19. The molecule has 2 nitrogen and oxygen atoms in total. The fourth-order valence-electron chi connectivity index (χ4n) is 3.12. The largest absolute Gasteiger partial charge is 0.312 e. The van der Waals surface area contributed by atoms with Gasteiger partial charge in [0.2, 0.25) is 0 Å². The van der Waals surface area contributed by atoms with Crippen LogP contribution in [-0.4, -0.2) is 12.0 Å². The number of nitrogens with one attached hydrogen (secondary N) is 1. The molecule has 0 fully saturated rings. The van der Waals surface area contributed by atoms with E-state index in [1.54, 1.807) is 0 Å². The third kappa shape index (κ3) is 2.40. The first-order valence-corrected chi connectivity index (χ1v) is 8.24. The van der Waals surface area contributed by atoms with Crippen LogP contribution in [0.1, 0.15) is 58.4 Å². The zero-order chi connectivity index (χ0) is 14.1. The number of hydrogen-bond donors (Lipinski definition) is 1. The van der Waals surface area contributed by atoms with Gasteiger partial charge in [-0.05, 0) is 51.3 Å². The Balaban J connectivity index is 1.99. The highest BCUT2D eigenvalue weighted by Crippen LogP contribution is 2.39. The van der Waals surface area contributed by atoms with Crippen LogP contribution in [0.2, 0.25) is 0 Å². The highest BCUT2D eigenvalue weighted by atomic mass is 32.1. The van der Waals surface area contributed by atoms with Gasteiger partial charge in [-0.3, -0.25) is 0 Å². The highest BCUT2D eigenvalue weighted by molar-refractivity contribution is 7.12. The van der Waals surface area contributed by atoms with Crippen LogP contribution in [0, 0.1) is 6.92 Å². The van der Waals surface area contributed by atoms with Gasteiger partial charge >= 0.3 is 0 Å². The van der Waals surface area contributed by atoms with Gasteiger partial charge < -0.3 is 5.32 Å². The Morgan fingerprint density at radius 3 is 2.95 bits per heavy atom. The van der Waals surface area contributed by atoms with Crippen molar-refractivity contribution in [2.24, 2.45) is 0 Å². The summed E-state index contributed by atoms with van der Waals surface area (Å²) >= 11 is 1.89. The van der Waals surface area contributed by atoms with Crippen molar-refractivity contribution >= 4 is 11.3 Å². The quantitative estimate of drug-likeness (QED) is 0.914. The zero-order valence-corrected chi connectivity index (χ0v) is 13.3. The molecule has 1 aliphatic rings. The standard InChI is InChI=1S/C17H22N2S/c1-11(18-3)16-12(2)19-17(20-16)15-10-6-8-13-7-4-5-9-14(13)15/h4-5,7,9,11,15,18H,6,8,10H2,1-3H3. The van der Waals surface area contributed by atoms with E-state index in [-0.39, 0.29) is 0 Å². The molecule has 2 unspecified atom stereocenters. The molecule has 106 valence electrons. The molecular weight excluding hydrogens is 264 g/mol. The Bertz CT molecular complexity index is 603. The van der Waals surface area contributed by atoms with Crippen LogP contribution in [0.5, 0.6) is 0 Å². The van der Waals surface area contributed by atoms with Crippen molar-refractivity contribution in [1.82, 2.24) is 10.3 Å². The third-order valence-corrected chi connectivity index (χ3v) is 5.80. The zero-order valence-electron chi connectivity index (χ0n) is 12.4. The number of hydrogen-bond acceptors (Lipinski definition) is 3. The van der Waals surface area contributed by atoms with Gasteiger partial charge in [0.25, 0.3) is 0 Å². The maximum absolute atomic E-state index is 4.88. The van der Waals surface area contributed by atoms with E-state index in [2.05, 4.69) is 43.4 Å². The molecule has 1 aromatic heterocycles. The molecule has 0 bridgehead atoms. The van der Waals surface area contributed by atoms with E-state index in [1.807, 2.05) is 18.4 Å². The van der Waals surface area contributed by atoms with Crippen molar-refractivity contribution < 1.29 is 0 Å². The molecule has 0 radical (unpaired) electrons. The average Bonchev–Trinajstić information content (AvgIpc) is 2.87. The third-order valence-electron chi connectivity index (χ3n) is 4.34. The summed E-state index contributed by atoms with van der Waals surface area (Å²) in [6.45, 7) is 4.34. The minimum Gasteiger partial charge on any atom is -0.312 e. The number of aryl methyl sites for hydroxylation is 2. The molecule has 0 saturated carbocycles. The Morgan fingerprint density at radius 2 is 2.15 bits per heavy atom. The van der Waals surface area contributed by atoms with Crippen LogP contribution in [-0.2, 0) is 6.42 Å². The smallest absolute Gasteiger partial charge is 0.101 e. The van der Waals surface area contributed by atoms with E-state index in [4.69, 9.17) is 4.98 Å². The van der Waals surface area contributed by atoms with Crippen LogP contribution in [0.15, 0.2) is 24.3 Å². The predicted octanol–water partition coefficient (Wildman–Crippen LogP) is 4.20. The second-order valence-electron chi connectivity index (χ2n) is 5.66. The molecule has 0 spiro atoms. The second kappa shape index (κ2) is 5.66. The van der Waals surface area contributed by atoms with E-state index in [0.717, 1.165) is 0 Å². The van der Waals surface area contributed by atoms with Gasteiger partial charge in [0.05, 0.1) is 5.69 Å². The van der Waals surface area contributed by atoms with Gasteiger partial charge in [-0.15, -0.1) is 11.3 Å². The van der Waals surface area contributed by atoms with E-state index in [9.17, 15) is 0 Å². The number of fused-ring (bicyclic) bond motifs is 1. The van der Waals surface area contributed by atoms with Gasteiger partial charge in [-0.2, -0.15) is 0 Å². The Morgan fingerprint density at radius 1 is 1.35 bits per heavy atom. The molecule has 1 N–H and O–H groups in total. The van der Waals surface area contributed by atoms with E-state index >= 15 is 0 Å². The van der Waals surface area contributed by atoms with Crippen molar-refractivity contribution in [2.45, 2.75) is 45.1 Å². The summed E-state index contributed by atoms with van der Waals surface area (Å²) < 4.78 is 0. The van der Waals surface area contributed by atoms with Gasteiger partial charge in [0.15, 0.2) is 0 Å². The van der Waals surface area contributed by atoms with Crippen molar-refractivity contribution in [3.05, 3.63) is 51.0 Å². The van der Waals surface area contributed by atoms with Gasteiger partial charge in [-0.1, -0.05) is 24.3 Å². The molecule has 1 heterocycles. The molecule has 3 heteroatoms. The Labute approximate surface area is 125 Å². The summed E-state index contributed by atoms with van der Waals surface area (Å²) in [7, 11) is 2.01. The van der Waals surface area contributed by atoms with Crippen molar-refractivity contribution in [3.8, 4) is 0 Å². The molecule has 2 aromatic rings. The summed E-state index contributed by atoms with van der Waals surface area (Å²) in [5.41, 5.74) is 4.20. The lowest BCUT2D eigenvalue weighted by atomic mass is 9.83. The molecule has 2 atom stereocenters. The van der Waals surface area contributed by atoms with Crippen molar-refractivity contribution in [3.63, 3.8) is 0 Å². The summed E-state index contributed by atoms with van der Waals surface area (Å²) in [4.78, 5) is 6.26. The molecular formula is C17H22N2S. The van der Waals surface area contributed by atoms with Crippen LogP contribution in [0.25, 0.3) is 0 Å². The fraction of sp³-hybridized carbons (Fsp3) is 0.471. The van der Waals surface area contributed by atoms with E-state index in [1.165, 1.54) is 46.0 Å². The molecule has 0 amide bonds. The predicted molar refractivity (Wildman–Crippen MR) is 85.5 cm³/mol. The van der Waals surface area contributed by atoms with Crippen LogP contribution >= 0.6 is 11.3 Å². The maximum atomic E-state index is 4.88. The lowest BCUT2D eigenvalue weighted by Gasteiger charge is -2.23. The first kappa shape index (κ1) is 13.8. The highest BCUT2D eigenvalue weighted by Gasteiger charge is 2.25. The number of aromatic nitrogens is 1. The van der Waals surface area contributed by atoms with E-state index < -0.39 is 0 Å². The Kier molecular flexibility index (Phi) is 3.90. The fourth-order valence-corrected chi connectivity index (χ4v) is 4.40. The van der Waals surface area contributed by atoms with Gasteiger partial charge in [0.1, 0.15) is 5.01 Å². The minimum atomic E-state index is 0.389. The summed E-state index contributed by atoms with van der Waals surface area (Å²) in [6.07, 6.45) is 3.73. The van der Waals surface area contributed by atoms with Crippen LogP contribution in [0.4, 0.5) is 0 Å². The topological polar surface area (TPSA) is 24.9 Å². The van der Waals surface area contributed by atoms with Crippen molar-refractivity contribution in [1.29, 1.82) is 0 Å². The first-order chi connectivity index (χ1) is 9.70. The maximum Gasteiger partial charge on any atom is 0.101 e. The summed E-state index contributed by atoms with van der Waals surface area (Å²) in [6, 6.07) is 9.27. The molecule has 0 saturated heterocycles. The normalized spacial score (nSPS) is 19.6. The molecule has 20 heavy (non-hydrogen) atoms. The minimum absolute atomic E-state index is 0.389. The molecule has 3 rings (SSSR count). The SMILES string of the molecule is CNC(C)c1sc(C2CCCc3ccccc32)nc1C. The molecule has 1 aliphatic carbocycles. The number of nitrogens with zero attached hydrogens (tertiary/aromatic N) is 1. The molecule has 0 aliphatic heterocycles. The monoisotopic (exact) mass is 286 g/mol. The van der Waals surface area contributed by atoms with Crippen molar-refractivity contribution in [2.75, 3.05) is 7.05 Å². The number of rotatable bonds is 3. The van der Waals surface area contributed by atoms with Gasteiger partial charge in [0, 0.05) is 16.8 Å². The van der Waals surface area contributed by atoms with Gasteiger partial charge in [-0.25, -0.2) is 4.98 Å². The van der Waals surface area contributed by atoms with Crippen LogP contribution in [0.3, 0.4) is 0 Å². The average molecular weight is 286 g/mol. The first-order valence-electron chi connectivity index (χ1n) is 7.43.